The molecule has 2 heteroatoms. The lowest BCUT2D eigenvalue weighted by atomic mass is 10.0. The molecule has 1 atom stereocenters. The van der Waals surface area contributed by atoms with Gasteiger partial charge in [0, 0.05) is 12.6 Å². The Balaban J connectivity index is 2.07. The average Bonchev–Trinajstić information content (AvgIpc) is 3.14. The van der Waals surface area contributed by atoms with Gasteiger partial charge in [-0.05, 0) is 42.9 Å². The van der Waals surface area contributed by atoms with Crippen molar-refractivity contribution >= 4 is 0 Å². The fourth-order valence-corrected chi connectivity index (χ4v) is 2.10. The third-order valence-electron chi connectivity index (χ3n) is 3.24. The number of rotatable bonds is 6. The highest BCUT2D eigenvalue weighted by atomic mass is 14.9. The van der Waals surface area contributed by atoms with Crippen LogP contribution in [0.4, 0.5) is 0 Å². The molecule has 1 unspecified atom stereocenters. The van der Waals surface area contributed by atoms with Gasteiger partial charge in [0.1, 0.15) is 0 Å². The van der Waals surface area contributed by atoms with Crippen LogP contribution < -0.4 is 11.1 Å². The summed E-state index contributed by atoms with van der Waals surface area (Å²) in [4.78, 5) is 0. The second kappa shape index (κ2) is 5.46. The van der Waals surface area contributed by atoms with Gasteiger partial charge in [-0.15, -0.1) is 0 Å². The Kier molecular flexibility index (Phi) is 3.97. The van der Waals surface area contributed by atoms with Gasteiger partial charge >= 0.3 is 0 Å². The molecule has 0 radical (unpaired) electrons. The van der Waals surface area contributed by atoms with Crippen molar-refractivity contribution in [2.75, 3.05) is 13.1 Å². The first-order valence-electron chi connectivity index (χ1n) is 6.38. The predicted molar refractivity (Wildman–Crippen MR) is 68.5 cm³/mol. The summed E-state index contributed by atoms with van der Waals surface area (Å²) in [5.41, 5.74) is 8.67. The molecule has 1 saturated carbocycles. The van der Waals surface area contributed by atoms with E-state index < -0.39 is 0 Å². The summed E-state index contributed by atoms with van der Waals surface area (Å²) < 4.78 is 0. The average molecular weight is 218 g/mol. The van der Waals surface area contributed by atoms with Gasteiger partial charge in [-0.2, -0.15) is 0 Å². The summed E-state index contributed by atoms with van der Waals surface area (Å²) in [5, 5.41) is 3.50. The molecule has 1 aromatic rings. The van der Waals surface area contributed by atoms with Crippen molar-refractivity contribution in [3.63, 3.8) is 0 Å². The minimum absolute atomic E-state index is 0.318. The Bertz CT molecular complexity index is 331. The largest absolute Gasteiger partial charge is 0.329 e. The van der Waals surface area contributed by atoms with E-state index in [0.29, 0.717) is 12.6 Å². The zero-order valence-electron chi connectivity index (χ0n) is 10.1. The highest BCUT2D eigenvalue weighted by Gasteiger charge is 2.23. The van der Waals surface area contributed by atoms with Crippen LogP contribution in [0.1, 0.15) is 49.3 Å². The van der Waals surface area contributed by atoms with Crippen molar-refractivity contribution in [2.24, 2.45) is 5.73 Å². The third kappa shape index (κ3) is 2.83. The molecule has 0 amide bonds. The maximum atomic E-state index is 5.82. The first-order valence-corrected chi connectivity index (χ1v) is 6.38. The van der Waals surface area contributed by atoms with Crippen LogP contribution in [-0.4, -0.2) is 13.1 Å². The van der Waals surface area contributed by atoms with E-state index in [1.807, 2.05) is 0 Å². The summed E-state index contributed by atoms with van der Waals surface area (Å²) >= 11 is 0. The minimum Gasteiger partial charge on any atom is -0.329 e. The molecule has 2 nitrogen and oxygen atoms in total. The topological polar surface area (TPSA) is 38.0 Å². The summed E-state index contributed by atoms with van der Waals surface area (Å²) in [6.07, 6.45) is 3.87. The SMILES string of the molecule is CCCNC(CN)c1cccc(C2CC2)c1. The molecule has 1 aliphatic carbocycles. The van der Waals surface area contributed by atoms with Gasteiger partial charge in [-0.3, -0.25) is 0 Å². The van der Waals surface area contributed by atoms with E-state index in [1.54, 1.807) is 0 Å². The maximum Gasteiger partial charge on any atom is 0.0444 e. The normalized spacial score (nSPS) is 17.4. The number of hydrogen-bond acceptors (Lipinski definition) is 2. The number of benzene rings is 1. The van der Waals surface area contributed by atoms with Gasteiger partial charge in [0.25, 0.3) is 0 Å². The van der Waals surface area contributed by atoms with Gasteiger partial charge in [-0.1, -0.05) is 31.2 Å². The smallest absolute Gasteiger partial charge is 0.0444 e. The highest BCUT2D eigenvalue weighted by Crippen LogP contribution is 2.40. The molecular weight excluding hydrogens is 196 g/mol. The zero-order chi connectivity index (χ0) is 11.4. The van der Waals surface area contributed by atoms with Gasteiger partial charge in [0.05, 0.1) is 0 Å². The van der Waals surface area contributed by atoms with Gasteiger partial charge in [0.2, 0.25) is 0 Å². The van der Waals surface area contributed by atoms with Crippen molar-refractivity contribution in [3.8, 4) is 0 Å². The van der Waals surface area contributed by atoms with Crippen LogP contribution in [0.5, 0.6) is 0 Å². The predicted octanol–water partition coefficient (Wildman–Crippen LogP) is 2.56. The molecular formula is C14H22N2. The van der Waals surface area contributed by atoms with Crippen LogP contribution in [0.25, 0.3) is 0 Å². The summed E-state index contributed by atoms with van der Waals surface area (Å²) in [6.45, 7) is 3.89. The Morgan fingerprint density at radius 1 is 1.44 bits per heavy atom. The second-order valence-corrected chi connectivity index (χ2v) is 4.69. The van der Waals surface area contributed by atoms with E-state index in [-0.39, 0.29) is 0 Å². The van der Waals surface area contributed by atoms with Crippen molar-refractivity contribution in [1.82, 2.24) is 5.32 Å². The Morgan fingerprint density at radius 3 is 2.88 bits per heavy atom. The van der Waals surface area contributed by atoms with E-state index in [1.165, 1.54) is 24.0 Å². The van der Waals surface area contributed by atoms with E-state index >= 15 is 0 Å². The number of nitrogens with two attached hydrogens (primary N) is 1. The molecule has 88 valence electrons. The van der Waals surface area contributed by atoms with Crippen molar-refractivity contribution in [1.29, 1.82) is 0 Å². The second-order valence-electron chi connectivity index (χ2n) is 4.69. The third-order valence-corrected chi connectivity index (χ3v) is 3.24. The molecule has 3 N–H and O–H groups in total. The van der Waals surface area contributed by atoms with Crippen LogP contribution in [0.3, 0.4) is 0 Å². The summed E-state index contributed by atoms with van der Waals surface area (Å²) in [7, 11) is 0. The van der Waals surface area contributed by atoms with Crippen molar-refractivity contribution in [3.05, 3.63) is 35.4 Å². The minimum atomic E-state index is 0.318. The van der Waals surface area contributed by atoms with Gasteiger partial charge in [0.15, 0.2) is 0 Å². The first-order chi connectivity index (χ1) is 7.85. The molecule has 0 spiro atoms. The fourth-order valence-electron chi connectivity index (χ4n) is 2.10. The van der Waals surface area contributed by atoms with Crippen LogP contribution in [0, 0.1) is 0 Å². The summed E-state index contributed by atoms with van der Waals surface area (Å²) in [6, 6.07) is 9.25. The van der Waals surface area contributed by atoms with Gasteiger partial charge < -0.3 is 11.1 Å². The van der Waals surface area contributed by atoms with Crippen LogP contribution >= 0.6 is 0 Å². The lowest BCUT2D eigenvalue weighted by Gasteiger charge is -2.17. The molecule has 2 rings (SSSR count). The van der Waals surface area contributed by atoms with Crippen LogP contribution in [-0.2, 0) is 0 Å². The molecule has 0 bridgehead atoms. The highest BCUT2D eigenvalue weighted by molar-refractivity contribution is 5.31. The molecule has 0 heterocycles. The molecule has 0 saturated heterocycles. The standard InChI is InChI=1S/C14H22N2/c1-2-8-16-14(10-15)13-5-3-4-12(9-13)11-6-7-11/h3-5,9,11,14,16H,2,6-8,10,15H2,1H3. The quantitative estimate of drug-likeness (QED) is 0.770. The van der Waals surface area contributed by atoms with Crippen molar-refractivity contribution < 1.29 is 0 Å². The Labute approximate surface area is 98.2 Å². The zero-order valence-corrected chi connectivity index (χ0v) is 10.1. The fraction of sp³-hybridized carbons (Fsp3) is 0.571. The lowest BCUT2D eigenvalue weighted by Crippen LogP contribution is -2.28. The summed E-state index contributed by atoms with van der Waals surface area (Å²) in [5.74, 6) is 0.824. The maximum absolute atomic E-state index is 5.82. The molecule has 1 aromatic carbocycles. The molecule has 0 aromatic heterocycles. The van der Waals surface area contributed by atoms with Crippen LogP contribution in [0.2, 0.25) is 0 Å². The number of hydrogen-bond donors (Lipinski definition) is 2. The van der Waals surface area contributed by atoms with Crippen molar-refractivity contribution in [2.45, 2.75) is 38.1 Å². The first kappa shape index (κ1) is 11.6. The lowest BCUT2D eigenvalue weighted by molar-refractivity contribution is 0.540. The molecule has 1 fully saturated rings. The van der Waals surface area contributed by atoms with E-state index in [0.717, 1.165) is 18.9 Å². The Hall–Kier alpha value is -0.860. The monoisotopic (exact) mass is 218 g/mol. The molecule has 0 aliphatic heterocycles. The van der Waals surface area contributed by atoms with Crippen LogP contribution in [0.15, 0.2) is 24.3 Å². The van der Waals surface area contributed by atoms with E-state index in [2.05, 4.69) is 36.5 Å². The number of nitrogens with one attached hydrogen (secondary N) is 1. The van der Waals surface area contributed by atoms with E-state index in [4.69, 9.17) is 5.73 Å². The Morgan fingerprint density at radius 2 is 2.25 bits per heavy atom. The van der Waals surface area contributed by atoms with Gasteiger partial charge in [-0.25, -0.2) is 0 Å². The van der Waals surface area contributed by atoms with E-state index in [9.17, 15) is 0 Å². The molecule has 16 heavy (non-hydrogen) atoms. The molecule has 1 aliphatic rings.